The van der Waals surface area contributed by atoms with Gasteiger partial charge in [0.1, 0.15) is 5.69 Å². The molecule has 0 spiro atoms. The molecule has 2 aromatic heterocycles. The number of rotatable bonds is 5. The van der Waals surface area contributed by atoms with Crippen molar-refractivity contribution in [1.29, 1.82) is 0 Å². The summed E-state index contributed by atoms with van der Waals surface area (Å²) in [6.45, 7) is 2.05. The van der Waals surface area contributed by atoms with E-state index >= 15 is 0 Å². The number of carbonyl (C=O) groups is 1. The van der Waals surface area contributed by atoms with Crippen LogP contribution < -0.4 is 5.32 Å². The van der Waals surface area contributed by atoms with Gasteiger partial charge in [-0.3, -0.25) is 4.79 Å². The molecule has 2 rings (SSSR count). The predicted octanol–water partition coefficient (Wildman–Crippen LogP) is 2.11. The Balaban J connectivity index is 1.85. The summed E-state index contributed by atoms with van der Waals surface area (Å²) >= 11 is 0. The standard InChI is InChI=1S/C15H21N3O/c1-12(8-9-13-6-4-10-17(13)2)16-15(19)14-7-5-11-18(14)3/h4-7,10-12H,8-9H2,1-3H3,(H,16,19). The van der Waals surface area contributed by atoms with E-state index in [0.29, 0.717) is 5.69 Å². The van der Waals surface area contributed by atoms with Gasteiger partial charge in [0.2, 0.25) is 0 Å². The average molecular weight is 259 g/mol. The van der Waals surface area contributed by atoms with Gasteiger partial charge in [0.05, 0.1) is 0 Å². The van der Waals surface area contributed by atoms with Crippen molar-refractivity contribution in [2.75, 3.05) is 0 Å². The van der Waals surface area contributed by atoms with Crippen molar-refractivity contribution in [3.63, 3.8) is 0 Å². The molecule has 102 valence electrons. The highest BCUT2D eigenvalue weighted by molar-refractivity contribution is 5.92. The third-order valence-electron chi connectivity index (χ3n) is 3.44. The fourth-order valence-electron chi connectivity index (χ4n) is 2.19. The largest absolute Gasteiger partial charge is 0.354 e. The molecule has 0 aliphatic heterocycles. The fraction of sp³-hybridized carbons (Fsp3) is 0.400. The molecule has 0 saturated carbocycles. The van der Waals surface area contributed by atoms with Crippen LogP contribution in [0.25, 0.3) is 0 Å². The zero-order valence-corrected chi connectivity index (χ0v) is 11.8. The third-order valence-corrected chi connectivity index (χ3v) is 3.44. The van der Waals surface area contributed by atoms with Gasteiger partial charge in [0.15, 0.2) is 0 Å². The average Bonchev–Trinajstić information content (AvgIpc) is 2.95. The molecular weight excluding hydrogens is 238 g/mol. The number of aromatic nitrogens is 2. The second-order valence-electron chi connectivity index (χ2n) is 5.03. The molecule has 0 fully saturated rings. The molecule has 4 heteroatoms. The summed E-state index contributed by atoms with van der Waals surface area (Å²) < 4.78 is 3.95. The molecule has 1 atom stereocenters. The minimum Gasteiger partial charge on any atom is -0.354 e. The summed E-state index contributed by atoms with van der Waals surface area (Å²) in [4.78, 5) is 12.0. The summed E-state index contributed by atoms with van der Waals surface area (Å²) in [6.07, 6.45) is 5.83. The zero-order chi connectivity index (χ0) is 13.8. The highest BCUT2D eigenvalue weighted by Gasteiger charge is 2.12. The summed E-state index contributed by atoms with van der Waals surface area (Å²) in [5.41, 5.74) is 1.99. The summed E-state index contributed by atoms with van der Waals surface area (Å²) in [5, 5.41) is 3.04. The maximum Gasteiger partial charge on any atom is 0.268 e. The van der Waals surface area contributed by atoms with Crippen LogP contribution in [0.15, 0.2) is 36.7 Å². The van der Waals surface area contributed by atoms with E-state index in [-0.39, 0.29) is 11.9 Å². The molecule has 0 aromatic carbocycles. The number of hydrogen-bond donors (Lipinski definition) is 1. The number of carbonyl (C=O) groups excluding carboxylic acids is 1. The van der Waals surface area contributed by atoms with Crippen LogP contribution in [0.4, 0.5) is 0 Å². The second kappa shape index (κ2) is 5.78. The quantitative estimate of drug-likeness (QED) is 0.877. The van der Waals surface area contributed by atoms with Crippen molar-refractivity contribution >= 4 is 5.91 Å². The molecule has 2 aromatic rings. The Morgan fingerprint density at radius 2 is 1.89 bits per heavy atom. The van der Waals surface area contributed by atoms with Crippen LogP contribution >= 0.6 is 0 Å². The molecule has 19 heavy (non-hydrogen) atoms. The topological polar surface area (TPSA) is 39.0 Å². The van der Waals surface area contributed by atoms with Crippen molar-refractivity contribution in [1.82, 2.24) is 14.5 Å². The smallest absolute Gasteiger partial charge is 0.268 e. The molecule has 2 heterocycles. The van der Waals surface area contributed by atoms with E-state index in [1.54, 1.807) is 0 Å². The first-order valence-electron chi connectivity index (χ1n) is 6.60. The highest BCUT2D eigenvalue weighted by atomic mass is 16.2. The molecule has 0 bridgehead atoms. The molecule has 0 radical (unpaired) electrons. The van der Waals surface area contributed by atoms with E-state index in [4.69, 9.17) is 0 Å². The van der Waals surface area contributed by atoms with Crippen LogP contribution in [-0.2, 0) is 20.5 Å². The van der Waals surface area contributed by atoms with Gasteiger partial charge in [0.25, 0.3) is 5.91 Å². The first kappa shape index (κ1) is 13.5. The van der Waals surface area contributed by atoms with Crippen molar-refractivity contribution in [2.24, 2.45) is 14.1 Å². The molecule has 0 saturated heterocycles. The van der Waals surface area contributed by atoms with Crippen LogP contribution in [0, 0.1) is 0 Å². The Bertz CT molecular complexity index is 553. The van der Waals surface area contributed by atoms with E-state index in [2.05, 4.69) is 16.0 Å². The lowest BCUT2D eigenvalue weighted by Gasteiger charge is -2.14. The van der Waals surface area contributed by atoms with Crippen molar-refractivity contribution in [3.05, 3.63) is 48.0 Å². The second-order valence-corrected chi connectivity index (χ2v) is 5.03. The lowest BCUT2D eigenvalue weighted by atomic mass is 10.1. The van der Waals surface area contributed by atoms with Gasteiger partial charge < -0.3 is 14.5 Å². The van der Waals surface area contributed by atoms with Crippen LogP contribution in [0.3, 0.4) is 0 Å². The van der Waals surface area contributed by atoms with Gasteiger partial charge in [-0.1, -0.05) is 0 Å². The Morgan fingerprint density at radius 1 is 1.21 bits per heavy atom. The van der Waals surface area contributed by atoms with E-state index in [1.807, 2.05) is 56.2 Å². The van der Waals surface area contributed by atoms with Gasteiger partial charge in [-0.15, -0.1) is 0 Å². The third kappa shape index (κ3) is 3.28. The van der Waals surface area contributed by atoms with E-state index in [1.165, 1.54) is 5.69 Å². The van der Waals surface area contributed by atoms with Crippen LogP contribution in [0.1, 0.15) is 29.5 Å². The van der Waals surface area contributed by atoms with Gasteiger partial charge in [0, 0.05) is 38.2 Å². The Hall–Kier alpha value is -1.97. The minimum absolute atomic E-state index is 0.00752. The predicted molar refractivity (Wildman–Crippen MR) is 76.1 cm³/mol. The monoisotopic (exact) mass is 259 g/mol. The summed E-state index contributed by atoms with van der Waals surface area (Å²) in [5.74, 6) is -0.00752. The van der Waals surface area contributed by atoms with Gasteiger partial charge in [-0.2, -0.15) is 0 Å². The number of aryl methyl sites for hydroxylation is 3. The van der Waals surface area contributed by atoms with Crippen LogP contribution in [0.2, 0.25) is 0 Å². The van der Waals surface area contributed by atoms with E-state index in [9.17, 15) is 4.79 Å². The molecular formula is C15H21N3O. The summed E-state index contributed by atoms with van der Waals surface area (Å²) in [7, 11) is 3.92. The van der Waals surface area contributed by atoms with Crippen molar-refractivity contribution in [2.45, 2.75) is 25.8 Å². The van der Waals surface area contributed by atoms with Crippen LogP contribution in [0.5, 0.6) is 0 Å². The zero-order valence-electron chi connectivity index (χ0n) is 11.8. The van der Waals surface area contributed by atoms with E-state index in [0.717, 1.165) is 12.8 Å². The Kier molecular flexibility index (Phi) is 4.10. The van der Waals surface area contributed by atoms with Gasteiger partial charge in [-0.05, 0) is 44.0 Å². The van der Waals surface area contributed by atoms with E-state index < -0.39 is 0 Å². The van der Waals surface area contributed by atoms with Gasteiger partial charge >= 0.3 is 0 Å². The Labute approximate surface area is 114 Å². The molecule has 1 unspecified atom stereocenters. The SMILES string of the molecule is CC(CCc1cccn1C)NC(=O)c1cccn1C. The maximum atomic E-state index is 12.0. The first-order chi connectivity index (χ1) is 9.08. The Morgan fingerprint density at radius 3 is 2.47 bits per heavy atom. The maximum absolute atomic E-state index is 12.0. The molecule has 1 N–H and O–H groups in total. The van der Waals surface area contributed by atoms with Gasteiger partial charge in [-0.25, -0.2) is 0 Å². The lowest BCUT2D eigenvalue weighted by molar-refractivity contribution is 0.0930. The van der Waals surface area contributed by atoms with Crippen molar-refractivity contribution < 1.29 is 4.79 Å². The minimum atomic E-state index is -0.00752. The summed E-state index contributed by atoms with van der Waals surface area (Å²) in [6, 6.07) is 8.04. The number of hydrogen-bond acceptors (Lipinski definition) is 1. The number of nitrogens with zero attached hydrogens (tertiary/aromatic N) is 2. The highest BCUT2D eigenvalue weighted by Crippen LogP contribution is 2.06. The molecule has 0 aliphatic carbocycles. The lowest BCUT2D eigenvalue weighted by Crippen LogP contribution is -2.34. The fourth-order valence-corrected chi connectivity index (χ4v) is 2.19. The molecule has 0 aliphatic rings. The number of nitrogens with one attached hydrogen (secondary N) is 1. The normalized spacial score (nSPS) is 12.4. The first-order valence-corrected chi connectivity index (χ1v) is 6.60. The molecule has 1 amide bonds. The van der Waals surface area contributed by atoms with Crippen molar-refractivity contribution in [3.8, 4) is 0 Å². The number of amides is 1. The molecule has 4 nitrogen and oxygen atoms in total. The van der Waals surface area contributed by atoms with Crippen LogP contribution in [-0.4, -0.2) is 21.1 Å².